The number of nitrogens with zero attached hydrogens (tertiary/aromatic N) is 1. The standard InChI is InChI=1S/C12H7NO6/c14-7-8-3-4-10(9(6-8)13(16)17)19-12(15)11-2-1-5-18-11/h1-7H. The number of furan rings is 1. The fraction of sp³-hybridized carbons (Fsp3) is 0. The van der Waals surface area contributed by atoms with Gasteiger partial charge in [0.25, 0.3) is 0 Å². The molecule has 0 aliphatic carbocycles. The van der Waals surface area contributed by atoms with Crippen molar-refractivity contribution in [3.63, 3.8) is 0 Å². The highest BCUT2D eigenvalue weighted by Gasteiger charge is 2.20. The van der Waals surface area contributed by atoms with Crippen molar-refractivity contribution in [2.24, 2.45) is 0 Å². The third kappa shape index (κ3) is 2.65. The number of rotatable bonds is 4. The van der Waals surface area contributed by atoms with Gasteiger partial charge in [-0.1, -0.05) is 0 Å². The number of carbonyl (C=O) groups is 2. The van der Waals surface area contributed by atoms with E-state index in [1.165, 1.54) is 30.5 Å². The molecule has 2 aromatic rings. The first-order valence-electron chi connectivity index (χ1n) is 5.11. The van der Waals surface area contributed by atoms with Gasteiger partial charge >= 0.3 is 11.7 Å². The van der Waals surface area contributed by atoms with E-state index in [0.29, 0.717) is 6.29 Å². The SMILES string of the molecule is O=Cc1ccc(OC(=O)c2ccco2)c([N+](=O)[O-])c1. The monoisotopic (exact) mass is 261 g/mol. The fourth-order valence-corrected chi connectivity index (χ4v) is 1.38. The lowest BCUT2D eigenvalue weighted by Crippen LogP contribution is -2.08. The highest BCUT2D eigenvalue weighted by Crippen LogP contribution is 2.28. The molecular weight excluding hydrogens is 254 g/mol. The first-order chi connectivity index (χ1) is 9.11. The van der Waals surface area contributed by atoms with Gasteiger partial charge < -0.3 is 9.15 Å². The van der Waals surface area contributed by atoms with E-state index in [2.05, 4.69) is 0 Å². The van der Waals surface area contributed by atoms with Crippen molar-refractivity contribution < 1.29 is 23.7 Å². The van der Waals surface area contributed by atoms with Gasteiger partial charge in [-0.05, 0) is 24.3 Å². The highest BCUT2D eigenvalue weighted by atomic mass is 16.6. The maximum absolute atomic E-state index is 11.6. The Morgan fingerprint density at radius 3 is 2.74 bits per heavy atom. The molecule has 0 saturated carbocycles. The van der Waals surface area contributed by atoms with Crippen molar-refractivity contribution in [2.75, 3.05) is 0 Å². The number of carbonyl (C=O) groups excluding carboxylic acids is 2. The third-order valence-corrected chi connectivity index (χ3v) is 2.24. The zero-order valence-corrected chi connectivity index (χ0v) is 9.44. The molecule has 0 radical (unpaired) electrons. The molecule has 0 unspecified atom stereocenters. The minimum Gasteiger partial charge on any atom is -0.457 e. The number of nitro benzene ring substituents is 1. The summed E-state index contributed by atoms with van der Waals surface area (Å²) in [6.45, 7) is 0. The Morgan fingerprint density at radius 2 is 2.16 bits per heavy atom. The molecule has 0 atom stereocenters. The molecule has 1 heterocycles. The zero-order valence-electron chi connectivity index (χ0n) is 9.44. The van der Waals surface area contributed by atoms with Crippen LogP contribution in [0, 0.1) is 10.1 Å². The Labute approximate surface area is 106 Å². The number of esters is 1. The summed E-state index contributed by atoms with van der Waals surface area (Å²) in [7, 11) is 0. The van der Waals surface area contributed by atoms with Gasteiger partial charge in [-0.25, -0.2) is 4.79 Å². The van der Waals surface area contributed by atoms with E-state index >= 15 is 0 Å². The predicted octanol–water partition coefficient (Wildman–Crippen LogP) is 2.22. The van der Waals surface area contributed by atoms with Crippen LogP contribution in [0.2, 0.25) is 0 Å². The largest absolute Gasteiger partial charge is 0.457 e. The molecule has 7 heteroatoms. The van der Waals surface area contributed by atoms with Crippen molar-refractivity contribution in [3.8, 4) is 5.75 Å². The van der Waals surface area contributed by atoms with Crippen LogP contribution < -0.4 is 4.74 Å². The van der Waals surface area contributed by atoms with E-state index in [9.17, 15) is 19.7 Å². The van der Waals surface area contributed by atoms with Crippen LogP contribution in [0.3, 0.4) is 0 Å². The van der Waals surface area contributed by atoms with Gasteiger partial charge in [0.1, 0.15) is 6.29 Å². The number of ether oxygens (including phenoxy) is 1. The van der Waals surface area contributed by atoms with Crippen molar-refractivity contribution in [2.45, 2.75) is 0 Å². The molecule has 0 amide bonds. The zero-order chi connectivity index (χ0) is 13.8. The van der Waals surface area contributed by atoms with Crippen LogP contribution in [-0.2, 0) is 0 Å². The number of hydrogen-bond donors (Lipinski definition) is 0. The second-order valence-electron chi connectivity index (χ2n) is 3.47. The fourth-order valence-electron chi connectivity index (χ4n) is 1.38. The second-order valence-corrected chi connectivity index (χ2v) is 3.47. The lowest BCUT2D eigenvalue weighted by Gasteiger charge is -2.03. The Hall–Kier alpha value is -2.96. The maximum Gasteiger partial charge on any atom is 0.379 e. The van der Waals surface area contributed by atoms with Crippen LogP contribution in [0.25, 0.3) is 0 Å². The number of benzene rings is 1. The van der Waals surface area contributed by atoms with Crippen molar-refractivity contribution in [1.29, 1.82) is 0 Å². The second kappa shape index (κ2) is 5.13. The third-order valence-electron chi connectivity index (χ3n) is 2.24. The van der Waals surface area contributed by atoms with Gasteiger partial charge in [0.15, 0.2) is 0 Å². The minimum absolute atomic E-state index is 0.0752. The molecule has 0 aliphatic heterocycles. The highest BCUT2D eigenvalue weighted by molar-refractivity contribution is 5.89. The Balaban J connectivity index is 2.32. The van der Waals surface area contributed by atoms with Gasteiger partial charge in [-0.2, -0.15) is 0 Å². The van der Waals surface area contributed by atoms with Gasteiger partial charge in [-0.3, -0.25) is 14.9 Å². The molecule has 0 fully saturated rings. The first-order valence-corrected chi connectivity index (χ1v) is 5.11. The van der Waals surface area contributed by atoms with Crippen LogP contribution >= 0.6 is 0 Å². The number of hydrogen-bond acceptors (Lipinski definition) is 6. The molecule has 1 aromatic carbocycles. The summed E-state index contributed by atoms with van der Waals surface area (Å²) in [5.41, 5.74) is -0.353. The average molecular weight is 261 g/mol. The molecule has 0 N–H and O–H groups in total. The summed E-state index contributed by atoms with van der Waals surface area (Å²) in [6, 6.07) is 6.37. The van der Waals surface area contributed by atoms with Crippen LogP contribution in [0.15, 0.2) is 41.0 Å². The summed E-state index contributed by atoms with van der Waals surface area (Å²) < 4.78 is 9.67. The van der Waals surface area contributed by atoms with Crippen molar-refractivity contribution in [1.82, 2.24) is 0 Å². The van der Waals surface area contributed by atoms with Crippen LogP contribution in [0.5, 0.6) is 5.75 Å². The lowest BCUT2D eigenvalue weighted by molar-refractivity contribution is -0.385. The van der Waals surface area contributed by atoms with E-state index in [1.54, 1.807) is 0 Å². The van der Waals surface area contributed by atoms with E-state index in [0.717, 1.165) is 6.07 Å². The molecule has 0 aliphatic rings. The molecular formula is C12H7NO6. The number of nitro groups is 1. The van der Waals surface area contributed by atoms with Gasteiger partial charge in [-0.15, -0.1) is 0 Å². The minimum atomic E-state index is -0.855. The van der Waals surface area contributed by atoms with Crippen LogP contribution in [-0.4, -0.2) is 17.2 Å². The smallest absolute Gasteiger partial charge is 0.379 e. The summed E-state index contributed by atoms with van der Waals surface area (Å²) in [5, 5.41) is 10.8. The van der Waals surface area contributed by atoms with E-state index in [4.69, 9.17) is 9.15 Å². The first kappa shape index (κ1) is 12.5. The van der Waals surface area contributed by atoms with E-state index in [-0.39, 0.29) is 17.1 Å². The number of aldehydes is 1. The molecule has 0 saturated heterocycles. The lowest BCUT2D eigenvalue weighted by atomic mass is 10.2. The molecule has 1 aromatic heterocycles. The Morgan fingerprint density at radius 1 is 1.37 bits per heavy atom. The molecule has 0 bridgehead atoms. The van der Waals surface area contributed by atoms with Gasteiger partial charge in [0, 0.05) is 11.6 Å². The van der Waals surface area contributed by atoms with Crippen molar-refractivity contribution >= 4 is 17.9 Å². The predicted molar refractivity (Wildman–Crippen MR) is 62.2 cm³/mol. The molecule has 96 valence electrons. The summed E-state index contributed by atoms with van der Waals surface area (Å²) in [6.07, 6.45) is 1.74. The van der Waals surface area contributed by atoms with Gasteiger partial charge in [0.05, 0.1) is 11.2 Å². The summed E-state index contributed by atoms with van der Waals surface area (Å²) in [4.78, 5) is 32.2. The summed E-state index contributed by atoms with van der Waals surface area (Å²) in [5.74, 6) is -1.18. The Bertz CT molecular complexity index is 632. The maximum atomic E-state index is 11.6. The quantitative estimate of drug-likeness (QED) is 0.275. The van der Waals surface area contributed by atoms with Gasteiger partial charge in [0.2, 0.25) is 11.5 Å². The van der Waals surface area contributed by atoms with Crippen LogP contribution in [0.1, 0.15) is 20.9 Å². The topological polar surface area (TPSA) is 99.7 Å². The molecule has 0 spiro atoms. The normalized spacial score (nSPS) is 9.89. The van der Waals surface area contributed by atoms with E-state index < -0.39 is 16.6 Å². The Kier molecular flexibility index (Phi) is 3.37. The summed E-state index contributed by atoms with van der Waals surface area (Å²) >= 11 is 0. The molecule has 7 nitrogen and oxygen atoms in total. The van der Waals surface area contributed by atoms with E-state index in [1.807, 2.05) is 0 Å². The average Bonchev–Trinajstić information content (AvgIpc) is 2.92. The van der Waals surface area contributed by atoms with Crippen LogP contribution in [0.4, 0.5) is 5.69 Å². The van der Waals surface area contributed by atoms with Crippen molar-refractivity contribution in [3.05, 3.63) is 58.0 Å². The molecule has 2 rings (SSSR count). The molecule has 19 heavy (non-hydrogen) atoms.